The zero-order chi connectivity index (χ0) is 25.2. The van der Waals surface area contributed by atoms with Crippen molar-refractivity contribution in [1.82, 2.24) is 10.3 Å². The summed E-state index contributed by atoms with van der Waals surface area (Å²) in [7, 11) is 2.69. The zero-order valence-electron chi connectivity index (χ0n) is 20.4. The number of hydrogen-bond donors (Lipinski definition) is 2. The summed E-state index contributed by atoms with van der Waals surface area (Å²) in [6, 6.07) is 18.9. The van der Waals surface area contributed by atoms with Gasteiger partial charge in [-0.15, -0.1) is 11.3 Å². The summed E-state index contributed by atoms with van der Waals surface area (Å²) in [5, 5.41) is 7.31. The molecule has 0 aliphatic carbocycles. The first-order chi connectivity index (χ1) is 16.8. The van der Waals surface area contributed by atoms with E-state index in [-0.39, 0.29) is 0 Å². The Hall–Kier alpha value is -3.65. The predicted octanol–water partition coefficient (Wildman–Crippen LogP) is 4.66. The predicted molar refractivity (Wildman–Crippen MR) is 137 cm³/mol. The first-order valence-corrected chi connectivity index (χ1v) is 12.1. The topological polar surface area (TPSA) is 89.5 Å². The van der Waals surface area contributed by atoms with Gasteiger partial charge in [0.2, 0.25) is 0 Å². The highest BCUT2D eigenvalue weighted by atomic mass is 32.1. The summed E-state index contributed by atoms with van der Waals surface area (Å²) in [6.45, 7) is 5.72. The van der Waals surface area contributed by atoms with Crippen LogP contribution in [0.2, 0.25) is 0 Å². The SMILES string of the molecule is COC(=O)C1=C(C)NC(C)C(Nc2nc(-c3ccccc3)c(C)s2)(C(=O)OC)C1c1ccccc1. The van der Waals surface area contributed by atoms with Crippen LogP contribution < -0.4 is 10.6 Å². The number of methoxy groups -OCH3 is 2. The molecule has 0 saturated heterocycles. The maximum absolute atomic E-state index is 13.7. The lowest BCUT2D eigenvalue weighted by Gasteiger charge is -2.47. The molecular weight excluding hydrogens is 462 g/mol. The molecule has 3 atom stereocenters. The van der Waals surface area contributed by atoms with Crippen molar-refractivity contribution in [2.45, 2.75) is 38.3 Å². The Morgan fingerprint density at radius 2 is 1.63 bits per heavy atom. The third kappa shape index (κ3) is 4.30. The molecule has 0 amide bonds. The minimum Gasteiger partial charge on any atom is -0.467 e. The van der Waals surface area contributed by atoms with Gasteiger partial charge >= 0.3 is 11.9 Å². The number of nitrogens with zero attached hydrogens (tertiary/aromatic N) is 1. The van der Waals surface area contributed by atoms with Gasteiger partial charge in [0.25, 0.3) is 0 Å². The van der Waals surface area contributed by atoms with Crippen LogP contribution in [-0.4, -0.2) is 42.7 Å². The molecule has 4 rings (SSSR count). The Kier molecular flexibility index (Phi) is 6.93. The molecule has 3 aromatic rings. The number of carbonyl (C=O) groups is 2. The smallest absolute Gasteiger partial charge is 0.336 e. The minimum absolute atomic E-state index is 0.367. The van der Waals surface area contributed by atoms with Gasteiger partial charge in [0.15, 0.2) is 10.7 Å². The Morgan fingerprint density at radius 1 is 1.00 bits per heavy atom. The number of hydrogen-bond acceptors (Lipinski definition) is 8. The third-order valence-electron chi connectivity index (χ3n) is 6.48. The van der Waals surface area contributed by atoms with E-state index in [2.05, 4.69) is 10.6 Å². The van der Waals surface area contributed by atoms with Crippen LogP contribution in [0.4, 0.5) is 5.13 Å². The van der Waals surface area contributed by atoms with Crippen LogP contribution in [0.3, 0.4) is 0 Å². The van der Waals surface area contributed by atoms with Gasteiger partial charge in [-0.1, -0.05) is 60.7 Å². The molecule has 0 spiro atoms. The number of anilines is 1. The standard InChI is InChI=1S/C27H29N3O4S/c1-16-21(24(31)33-4)22(19-12-8-6-9-13-19)27(18(3)28-16,25(32)34-5)30-26-29-23(17(2)35-26)20-14-10-7-11-15-20/h6-15,18,22,28H,1-5H3,(H,29,30). The van der Waals surface area contributed by atoms with E-state index in [9.17, 15) is 9.59 Å². The number of esters is 2. The number of carbonyl (C=O) groups excluding carboxylic acids is 2. The molecule has 0 fully saturated rings. The van der Waals surface area contributed by atoms with Crippen LogP contribution >= 0.6 is 11.3 Å². The van der Waals surface area contributed by atoms with Crippen LogP contribution in [0.15, 0.2) is 71.9 Å². The van der Waals surface area contributed by atoms with Crippen molar-refractivity contribution in [3.05, 3.63) is 82.4 Å². The minimum atomic E-state index is -1.38. The second-order valence-corrected chi connectivity index (χ2v) is 9.72. The van der Waals surface area contributed by atoms with Crippen LogP contribution in [0.25, 0.3) is 11.3 Å². The normalized spacial score (nSPS) is 21.7. The summed E-state index contributed by atoms with van der Waals surface area (Å²) < 4.78 is 10.5. The molecule has 1 aliphatic rings. The van der Waals surface area contributed by atoms with E-state index in [1.54, 1.807) is 0 Å². The van der Waals surface area contributed by atoms with Crippen molar-refractivity contribution in [2.75, 3.05) is 19.5 Å². The van der Waals surface area contributed by atoms with Crippen molar-refractivity contribution in [1.29, 1.82) is 0 Å². The summed E-state index contributed by atoms with van der Waals surface area (Å²) in [5.74, 6) is -1.70. The molecule has 8 heteroatoms. The first kappa shape index (κ1) is 24.5. The van der Waals surface area contributed by atoms with Gasteiger partial charge in [-0.25, -0.2) is 14.6 Å². The van der Waals surface area contributed by atoms with E-state index in [4.69, 9.17) is 14.5 Å². The molecule has 0 radical (unpaired) electrons. The Bertz CT molecular complexity index is 1260. The van der Waals surface area contributed by atoms with E-state index in [1.807, 2.05) is 81.4 Å². The number of aryl methyl sites for hydroxylation is 1. The van der Waals surface area contributed by atoms with Crippen LogP contribution in [0, 0.1) is 6.92 Å². The lowest BCUT2D eigenvalue weighted by Crippen LogP contribution is -2.66. The van der Waals surface area contributed by atoms with Crippen molar-refractivity contribution in [3.8, 4) is 11.3 Å². The van der Waals surface area contributed by atoms with E-state index >= 15 is 0 Å². The average molecular weight is 492 g/mol. The van der Waals surface area contributed by atoms with Crippen molar-refractivity contribution >= 4 is 28.4 Å². The number of allylic oxidation sites excluding steroid dienone is 1. The number of aromatic nitrogens is 1. The van der Waals surface area contributed by atoms with E-state index < -0.39 is 29.4 Å². The highest BCUT2D eigenvalue weighted by Gasteiger charge is 2.58. The molecule has 2 N–H and O–H groups in total. The largest absolute Gasteiger partial charge is 0.467 e. The monoisotopic (exact) mass is 491 g/mol. The van der Waals surface area contributed by atoms with E-state index in [0.717, 1.165) is 21.7 Å². The number of benzene rings is 2. The second kappa shape index (κ2) is 9.92. The van der Waals surface area contributed by atoms with E-state index in [1.165, 1.54) is 25.6 Å². The third-order valence-corrected chi connectivity index (χ3v) is 7.37. The molecular formula is C27H29N3O4S. The van der Waals surface area contributed by atoms with E-state index in [0.29, 0.717) is 16.4 Å². The molecule has 2 heterocycles. The van der Waals surface area contributed by atoms with Crippen LogP contribution in [0.1, 0.15) is 30.2 Å². The summed E-state index contributed by atoms with van der Waals surface area (Å²) in [5.41, 5.74) is 2.26. The van der Waals surface area contributed by atoms with Gasteiger partial charge in [-0.05, 0) is 26.3 Å². The van der Waals surface area contributed by atoms with Crippen molar-refractivity contribution in [2.24, 2.45) is 0 Å². The van der Waals surface area contributed by atoms with Gasteiger partial charge in [0.05, 0.1) is 37.4 Å². The van der Waals surface area contributed by atoms with Gasteiger partial charge in [-0.2, -0.15) is 0 Å². The second-order valence-electron chi connectivity index (χ2n) is 8.52. The van der Waals surface area contributed by atoms with Gasteiger partial charge in [0.1, 0.15) is 0 Å². The molecule has 0 saturated carbocycles. The molecule has 2 aromatic carbocycles. The van der Waals surface area contributed by atoms with Crippen molar-refractivity contribution < 1.29 is 19.1 Å². The summed E-state index contributed by atoms with van der Waals surface area (Å²) in [4.78, 5) is 32.6. The number of thiazole rings is 1. The van der Waals surface area contributed by atoms with Crippen LogP contribution in [0.5, 0.6) is 0 Å². The lowest BCUT2D eigenvalue weighted by atomic mass is 9.68. The lowest BCUT2D eigenvalue weighted by molar-refractivity contribution is -0.148. The molecule has 3 unspecified atom stereocenters. The van der Waals surface area contributed by atoms with Gasteiger partial charge in [0, 0.05) is 16.1 Å². The Morgan fingerprint density at radius 3 is 2.23 bits per heavy atom. The average Bonchev–Trinajstić information content (AvgIpc) is 3.25. The maximum atomic E-state index is 13.7. The highest BCUT2D eigenvalue weighted by molar-refractivity contribution is 7.16. The fraction of sp³-hybridized carbons (Fsp3) is 0.296. The maximum Gasteiger partial charge on any atom is 0.336 e. The van der Waals surface area contributed by atoms with Gasteiger partial charge < -0.3 is 20.1 Å². The first-order valence-electron chi connectivity index (χ1n) is 11.3. The molecule has 0 bridgehead atoms. The van der Waals surface area contributed by atoms with Gasteiger partial charge in [-0.3, -0.25) is 0 Å². The molecule has 1 aliphatic heterocycles. The molecule has 1 aromatic heterocycles. The Labute approximate surface area is 209 Å². The molecule has 7 nitrogen and oxygen atoms in total. The quantitative estimate of drug-likeness (QED) is 0.485. The summed E-state index contributed by atoms with van der Waals surface area (Å²) in [6.07, 6.45) is 0. The zero-order valence-corrected chi connectivity index (χ0v) is 21.2. The molecule has 35 heavy (non-hydrogen) atoms. The number of ether oxygens (including phenoxy) is 2. The van der Waals surface area contributed by atoms with Crippen LogP contribution in [-0.2, 0) is 19.1 Å². The molecule has 182 valence electrons. The highest BCUT2D eigenvalue weighted by Crippen LogP contribution is 2.46. The summed E-state index contributed by atoms with van der Waals surface area (Å²) >= 11 is 1.45. The van der Waals surface area contributed by atoms with Crippen molar-refractivity contribution in [3.63, 3.8) is 0 Å². The Balaban J connectivity index is 1.92. The number of rotatable bonds is 6. The number of nitrogens with one attached hydrogen (secondary N) is 2. The fourth-order valence-electron chi connectivity index (χ4n) is 4.85. The fourth-order valence-corrected chi connectivity index (χ4v) is 5.76.